The Balaban J connectivity index is 2.29. The molecule has 1 heterocycles. The standard InChI is InChI=1S/C14H10Cl2N2O/c1-7-6-8(15)11(12(16)13(7)17)14-18-9-4-2-3-5-10(9)19-14/h2-6H,17H2,1H3. The first-order valence-corrected chi connectivity index (χ1v) is 6.43. The van der Waals surface area contributed by atoms with Gasteiger partial charge in [-0.25, -0.2) is 4.98 Å². The van der Waals surface area contributed by atoms with Crippen LogP contribution in [0, 0.1) is 6.92 Å². The fraction of sp³-hybridized carbons (Fsp3) is 0.0714. The summed E-state index contributed by atoms with van der Waals surface area (Å²) in [6.45, 7) is 1.85. The van der Waals surface area contributed by atoms with Gasteiger partial charge in [0, 0.05) is 0 Å². The van der Waals surface area contributed by atoms with E-state index in [1.54, 1.807) is 6.07 Å². The number of aryl methyl sites for hydroxylation is 1. The third-order valence-electron chi connectivity index (χ3n) is 2.97. The number of benzene rings is 2. The SMILES string of the molecule is Cc1cc(Cl)c(-c2nc3ccccc3o2)c(Cl)c1N. The molecule has 0 atom stereocenters. The predicted octanol–water partition coefficient (Wildman–Crippen LogP) is 4.69. The van der Waals surface area contributed by atoms with Gasteiger partial charge in [-0.2, -0.15) is 0 Å². The molecule has 19 heavy (non-hydrogen) atoms. The largest absolute Gasteiger partial charge is 0.436 e. The van der Waals surface area contributed by atoms with Crippen LogP contribution in [0.5, 0.6) is 0 Å². The zero-order valence-electron chi connectivity index (χ0n) is 10.1. The Labute approximate surface area is 119 Å². The predicted molar refractivity (Wildman–Crippen MR) is 78.6 cm³/mol. The number of para-hydroxylation sites is 2. The van der Waals surface area contributed by atoms with Gasteiger partial charge < -0.3 is 10.2 Å². The number of anilines is 1. The average molecular weight is 293 g/mol. The Morgan fingerprint density at radius 1 is 1.21 bits per heavy atom. The summed E-state index contributed by atoms with van der Waals surface area (Å²) in [5, 5.41) is 0.847. The maximum Gasteiger partial charge on any atom is 0.230 e. The molecule has 3 nitrogen and oxygen atoms in total. The number of rotatable bonds is 1. The number of fused-ring (bicyclic) bond motifs is 1. The Bertz CT molecular complexity index is 747. The number of halogens is 2. The minimum absolute atomic E-state index is 0.372. The molecule has 3 rings (SSSR count). The third-order valence-corrected chi connectivity index (χ3v) is 3.66. The van der Waals surface area contributed by atoms with Crippen LogP contribution in [-0.4, -0.2) is 4.98 Å². The van der Waals surface area contributed by atoms with E-state index in [0.29, 0.717) is 32.8 Å². The summed E-state index contributed by atoms with van der Waals surface area (Å²) in [7, 11) is 0. The third kappa shape index (κ3) is 1.95. The van der Waals surface area contributed by atoms with E-state index in [1.165, 1.54) is 0 Å². The van der Waals surface area contributed by atoms with E-state index >= 15 is 0 Å². The summed E-state index contributed by atoms with van der Waals surface area (Å²) >= 11 is 12.5. The molecule has 2 N–H and O–H groups in total. The van der Waals surface area contributed by atoms with E-state index in [-0.39, 0.29) is 0 Å². The van der Waals surface area contributed by atoms with Gasteiger partial charge in [-0.3, -0.25) is 0 Å². The molecule has 0 bridgehead atoms. The Kier molecular flexibility index (Phi) is 2.88. The number of nitrogens with zero attached hydrogens (tertiary/aromatic N) is 1. The molecule has 5 heteroatoms. The summed E-state index contributed by atoms with van der Waals surface area (Å²) in [6.07, 6.45) is 0. The summed E-state index contributed by atoms with van der Waals surface area (Å²) in [4.78, 5) is 4.38. The van der Waals surface area contributed by atoms with E-state index in [4.69, 9.17) is 33.4 Å². The lowest BCUT2D eigenvalue weighted by Gasteiger charge is -2.08. The van der Waals surface area contributed by atoms with Crippen LogP contribution in [0.15, 0.2) is 34.7 Å². The van der Waals surface area contributed by atoms with Crippen LogP contribution in [0.25, 0.3) is 22.6 Å². The number of oxazole rings is 1. The normalized spacial score (nSPS) is 11.1. The number of nitrogen functional groups attached to an aromatic ring is 1. The molecule has 0 aliphatic heterocycles. The molecule has 0 amide bonds. The van der Waals surface area contributed by atoms with Gasteiger partial charge in [0.05, 0.1) is 21.3 Å². The first kappa shape index (κ1) is 12.3. The smallest absolute Gasteiger partial charge is 0.230 e. The fourth-order valence-corrected chi connectivity index (χ4v) is 2.65. The van der Waals surface area contributed by atoms with Gasteiger partial charge in [0.2, 0.25) is 5.89 Å². The molecular weight excluding hydrogens is 283 g/mol. The highest BCUT2D eigenvalue weighted by Gasteiger charge is 2.18. The molecule has 0 spiro atoms. The summed E-state index contributed by atoms with van der Waals surface area (Å²) < 4.78 is 5.68. The molecular formula is C14H10Cl2N2O. The zero-order chi connectivity index (χ0) is 13.6. The molecule has 96 valence electrons. The number of aromatic nitrogens is 1. The van der Waals surface area contributed by atoms with Crippen molar-refractivity contribution < 1.29 is 4.42 Å². The molecule has 0 aliphatic rings. The Morgan fingerprint density at radius 3 is 2.68 bits per heavy atom. The number of hydrogen-bond donors (Lipinski definition) is 1. The molecule has 1 aromatic heterocycles. The van der Waals surface area contributed by atoms with E-state index in [1.807, 2.05) is 31.2 Å². The van der Waals surface area contributed by atoms with Gasteiger partial charge in [0.1, 0.15) is 5.52 Å². The van der Waals surface area contributed by atoms with Crippen molar-refractivity contribution in [2.75, 3.05) is 5.73 Å². The second kappa shape index (κ2) is 4.44. The molecule has 0 fully saturated rings. The van der Waals surface area contributed by atoms with Crippen molar-refractivity contribution in [3.63, 3.8) is 0 Å². The number of nitrogens with two attached hydrogens (primary N) is 1. The van der Waals surface area contributed by atoms with Crippen LogP contribution in [-0.2, 0) is 0 Å². The lowest BCUT2D eigenvalue weighted by atomic mass is 10.1. The van der Waals surface area contributed by atoms with Gasteiger partial charge >= 0.3 is 0 Å². The quantitative estimate of drug-likeness (QED) is 0.662. The van der Waals surface area contributed by atoms with Crippen molar-refractivity contribution in [3.8, 4) is 11.5 Å². The van der Waals surface area contributed by atoms with Crippen LogP contribution >= 0.6 is 23.2 Å². The minimum atomic E-state index is 0.372. The number of hydrogen-bond acceptors (Lipinski definition) is 3. The van der Waals surface area contributed by atoms with E-state index in [9.17, 15) is 0 Å². The summed E-state index contributed by atoms with van der Waals surface area (Å²) in [6, 6.07) is 9.23. The molecule has 0 saturated carbocycles. The monoisotopic (exact) mass is 292 g/mol. The van der Waals surface area contributed by atoms with Crippen molar-refractivity contribution in [1.29, 1.82) is 0 Å². The first-order valence-electron chi connectivity index (χ1n) is 5.68. The Morgan fingerprint density at radius 2 is 1.95 bits per heavy atom. The molecule has 0 saturated heterocycles. The lowest BCUT2D eigenvalue weighted by Crippen LogP contribution is -1.94. The second-order valence-electron chi connectivity index (χ2n) is 4.26. The lowest BCUT2D eigenvalue weighted by molar-refractivity contribution is 0.620. The van der Waals surface area contributed by atoms with Gasteiger partial charge in [-0.1, -0.05) is 35.3 Å². The van der Waals surface area contributed by atoms with Crippen LogP contribution in [0.2, 0.25) is 10.0 Å². The summed E-state index contributed by atoms with van der Waals surface area (Å²) in [5.41, 5.74) is 9.21. The maximum absolute atomic E-state index is 6.26. The minimum Gasteiger partial charge on any atom is -0.436 e. The highest BCUT2D eigenvalue weighted by Crippen LogP contribution is 2.40. The van der Waals surface area contributed by atoms with Crippen molar-refractivity contribution in [2.45, 2.75) is 6.92 Å². The van der Waals surface area contributed by atoms with Crippen molar-refractivity contribution in [1.82, 2.24) is 4.98 Å². The van der Waals surface area contributed by atoms with Crippen LogP contribution in [0.3, 0.4) is 0 Å². The summed E-state index contributed by atoms with van der Waals surface area (Å²) in [5.74, 6) is 0.378. The fourth-order valence-electron chi connectivity index (χ4n) is 1.93. The molecule has 2 aromatic carbocycles. The van der Waals surface area contributed by atoms with Crippen molar-refractivity contribution in [2.24, 2.45) is 0 Å². The van der Waals surface area contributed by atoms with Crippen LogP contribution in [0.1, 0.15) is 5.56 Å². The topological polar surface area (TPSA) is 52.0 Å². The van der Waals surface area contributed by atoms with E-state index in [2.05, 4.69) is 4.98 Å². The van der Waals surface area contributed by atoms with Gasteiger partial charge in [0.15, 0.2) is 5.58 Å². The zero-order valence-corrected chi connectivity index (χ0v) is 11.6. The van der Waals surface area contributed by atoms with E-state index < -0.39 is 0 Å². The highest BCUT2D eigenvalue weighted by atomic mass is 35.5. The molecule has 0 unspecified atom stereocenters. The van der Waals surface area contributed by atoms with E-state index in [0.717, 1.165) is 11.1 Å². The van der Waals surface area contributed by atoms with Crippen molar-refractivity contribution in [3.05, 3.63) is 45.9 Å². The second-order valence-corrected chi connectivity index (χ2v) is 5.05. The van der Waals surface area contributed by atoms with Gasteiger partial charge in [0.25, 0.3) is 0 Å². The molecule has 3 aromatic rings. The van der Waals surface area contributed by atoms with Gasteiger partial charge in [-0.05, 0) is 30.7 Å². The van der Waals surface area contributed by atoms with Crippen LogP contribution < -0.4 is 5.73 Å². The first-order chi connectivity index (χ1) is 9.08. The van der Waals surface area contributed by atoms with Crippen LogP contribution in [0.4, 0.5) is 5.69 Å². The van der Waals surface area contributed by atoms with Crippen molar-refractivity contribution >= 4 is 40.0 Å². The molecule has 0 aliphatic carbocycles. The maximum atomic E-state index is 6.26. The van der Waals surface area contributed by atoms with Gasteiger partial charge in [-0.15, -0.1) is 0 Å². The average Bonchev–Trinajstić information content (AvgIpc) is 2.79. The Hall–Kier alpha value is -1.71. The molecule has 0 radical (unpaired) electrons. The highest BCUT2D eigenvalue weighted by molar-refractivity contribution is 6.40.